The molecule has 0 bridgehead atoms. The van der Waals surface area contributed by atoms with Crippen molar-refractivity contribution in [1.82, 2.24) is 4.57 Å². The monoisotopic (exact) mass is 250 g/mol. The van der Waals surface area contributed by atoms with Gasteiger partial charge in [0.05, 0.1) is 6.10 Å². The van der Waals surface area contributed by atoms with Crippen LogP contribution in [-0.4, -0.2) is 21.8 Å². The second kappa shape index (κ2) is 5.57. The molecule has 2 N–H and O–H groups in total. The number of aromatic nitrogens is 1. The molecular formula is C14H22N2O2. The highest BCUT2D eigenvalue weighted by Gasteiger charge is 2.22. The Morgan fingerprint density at radius 3 is 2.89 bits per heavy atom. The summed E-state index contributed by atoms with van der Waals surface area (Å²) in [5.74, 6) is 0. The molecule has 1 aromatic rings. The molecule has 2 rings (SSSR count). The average molecular weight is 250 g/mol. The summed E-state index contributed by atoms with van der Waals surface area (Å²) < 4.78 is 1.77. The van der Waals surface area contributed by atoms with E-state index < -0.39 is 0 Å². The maximum atomic E-state index is 12.3. The lowest BCUT2D eigenvalue weighted by Gasteiger charge is -2.28. The van der Waals surface area contributed by atoms with E-state index in [2.05, 4.69) is 5.32 Å². The first-order chi connectivity index (χ1) is 8.58. The summed E-state index contributed by atoms with van der Waals surface area (Å²) in [5.41, 5.74) is 0.665. The molecule has 0 radical (unpaired) electrons. The Bertz CT molecular complexity index is 453. The quantitative estimate of drug-likeness (QED) is 0.864. The number of pyridine rings is 1. The van der Waals surface area contributed by atoms with Crippen LogP contribution in [0.3, 0.4) is 0 Å². The van der Waals surface area contributed by atoms with Gasteiger partial charge in [0, 0.05) is 18.3 Å². The highest BCUT2D eigenvalue weighted by Crippen LogP contribution is 2.27. The third kappa shape index (κ3) is 2.93. The molecule has 1 aliphatic rings. The SMILES string of the molecule is CC(C)Nc1cccn(C2CCCC(O)C2)c1=O. The van der Waals surface area contributed by atoms with Crippen molar-refractivity contribution in [2.24, 2.45) is 0 Å². The van der Waals surface area contributed by atoms with Crippen LogP contribution in [0.25, 0.3) is 0 Å². The molecule has 1 fully saturated rings. The van der Waals surface area contributed by atoms with E-state index in [0.29, 0.717) is 12.1 Å². The van der Waals surface area contributed by atoms with E-state index in [0.717, 1.165) is 19.3 Å². The van der Waals surface area contributed by atoms with Gasteiger partial charge in [-0.3, -0.25) is 4.79 Å². The van der Waals surface area contributed by atoms with Gasteiger partial charge >= 0.3 is 0 Å². The lowest BCUT2D eigenvalue weighted by molar-refractivity contribution is 0.103. The molecular weight excluding hydrogens is 228 g/mol. The molecule has 100 valence electrons. The molecule has 1 saturated carbocycles. The fourth-order valence-corrected chi connectivity index (χ4v) is 2.61. The average Bonchev–Trinajstić information content (AvgIpc) is 2.31. The molecule has 0 amide bonds. The summed E-state index contributed by atoms with van der Waals surface area (Å²) in [4.78, 5) is 12.3. The summed E-state index contributed by atoms with van der Waals surface area (Å²) in [5, 5.41) is 12.9. The van der Waals surface area contributed by atoms with E-state index >= 15 is 0 Å². The number of anilines is 1. The van der Waals surface area contributed by atoms with Crippen LogP contribution in [0.4, 0.5) is 5.69 Å². The van der Waals surface area contributed by atoms with Gasteiger partial charge in [-0.1, -0.05) is 0 Å². The molecule has 0 aliphatic heterocycles. The lowest BCUT2D eigenvalue weighted by Crippen LogP contribution is -2.32. The first-order valence-electron chi connectivity index (χ1n) is 6.73. The molecule has 18 heavy (non-hydrogen) atoms. The van der Waals surface area contributed by atoms with Gasteiger partial charge < -0.3 is 15.0 Å². The van der Waals surface area contributed by atoms with E-state index in [1.54, 1.807) is 4.57 Å². The van der Waals surface area contributed by atoms with Crippen molar-refractivity contribution in [3.8, 4) is 0 Å². The molecule has 2 unspecified atom stereocenters. The van der Waals surface area contributed by atoms with Gasteiger partial charge in [-0.25, -0.2) is 0 Å². The number of aliphatic hydroxyl groups excluding tert-OH is 1. The molecule has 2 atom stereocenters. The fourth-order valence-electron chi connectivity index (χ4n) is 2.61. The summed E-state index contributed by atoms with van der Waals surface area (Å²) in [6.45, 7) is 4.03. The predicted molar refractivity (Wildman–Crippen MR) is 73.0 cm³/mol. The standard InChI is InChI=1S/C14H22N2O2/c1-10(2)15-13-7-4-8-16(14(13)18)11-5-3-6-12(17)9-11/h4,7-8,10-12,15,17H,3,5-6,9H2,1-2H3. The minimum Gasteiger partial charge on any atom is -0.393 e. The number of nitrogens with zero attached hydrogens (tertiary/aromatic N) is 1. The Morgan fingerprint density at radius 2 is 2.22 bits per heavy atom. The first-order valence-corrected chi connectivity index (χ1v) is 6.73. The van der Waals surface area contributed by atoms with Crippen LogP contribution in [0.1, 0.15) is 45.6 Å². The van der Waals surface area contributed by atoms with Crippen molar-refractivity contribution in [2.75, 3.05) is 5.32 Å². The van der Waals surface area contributed by atoms with Crippen LogP contribution in [0.2, 0.25) is 0 Å². The van der Waals surface area contributed by atoms with Crippen molar-refractivity contribution in [3.05, 3.63) is 28.7 Å². The van der Waals surface area contributed by atoms with Crippen molar-refractivity contribution in [3.63, 3.8) is 0 Å². The number of hydrogen-bond acceptors (Lipinski definition) is 3. The fraction of sp³-hybridized carbons (Fsp3) is 0.643. The Morgan fingerprint density at radius 1 is 1.44 bits per heavy atom. The lowest BCUT2D eigenvalue weighted by atomic mass is 9.93. The molecule has 1 aromatic heterocycles. The minimum absolute atomic E-state index is 0.0188. The Balaban J connectivity index is 2.25. The number of rotatable bonds is 3. The van der Waals surface area contributed by atoms with Gasteiger partial charge in [-0.2, -0.15) is 0 Å². The smallest absolute Gasteiger partial charge is 0.274 e. The van der Waals surface area contributed by atoms with Gasteiger partial charge in [0.15, 0.2) is 0 Å². The third-order valence-electron chi connectivity index (χ3n) is 3.43. The highest BCUT2D eigenvalue weighted by atomic mass is 16.3. The number of nitrogens with one attached hydrogen (secondary N) is 1. The Kier molecular flexibility index (Phi) is 4.07. The largest absolute Gasteiger partial charge is 0.393 e. The topological polar surface area (TPSA) is 54.3 Å². The second-order valence-corrected chi connectivity index (χ2v) is 5.41. The summed E-state index contributed by atoms with van der Waals surface area (Å²) in [7, 11) is 0. The second-order valence-electron chi connectivity index (χ2n) is 5.41. The van der Waals surface area contributed by atoms with Gasteiger partial charge in [-0.15, -0.1) is 0 Å². The molecule has 0 spiro atoms. The normalized spacial score (nSPS) is 24.2. The van der Waals surface area contributed by atoms with E-state index in [1.807, 2.05) is 32.2 Å². The molecule has 1 aliphatic carbocycles. The van der Waals surface area contributed by atoms with Crippen LogP contribution < -0.4 is 10.9 Å². The van der Waals surface area contributed by atoms with Crippen molar-refractivity contribution < 1.29 is 5.11 Å². The zero-order valence-electron chi connectivity index (χ0n) is 11.1. The summed E-state index contributed by atoms with van der Waals surface area (Å²) in [6, 6.07) is 4.09. The minimum atomic E-state index is -0.266. The summed E-state index contributed by atoms with van der Waals surface area (Å²) in [6.07, 6.45) is 5.07. The zero-order valence-corrected chi connectivity index (χ0v) is 11.1. The van der Waals surface area contributed by atoms with Gasteiger partial charge in [-0.05, 0) is 51.7 Å². The number of aliphatic hydroxyl groups is 1. The first kappa shape index (κ1) is 13.1. The molecule has 0 saturated heterocycles. The van der Waals surface area contributed by atoms with Gasteiger partial charge in [0.1, 0.15) is 5.69 Å². The van der Waals surface area contributed by atoms with E-state index in [1.165, 1.54) is 0 Å². The van der Waals surface area contributed by atoms with Crippen LogP contribution in [0.5, 0.6) is 0 Å². The molecule has 1 heterocycles. The summed E-state index contributed by atoms with van der Waals surface area (Å²) >= 11 is 0. The zero-order chi connectivity index (χ0) is 13.1. The van der Waals surface area contributed by atoms with Crippen molar-refractivity contribution >= 4 is 5.69 Å². The maximum absolute atomic E-state index is 12.3. The highest BCUT2D eigenvalue weighted by molar-refractivity contribution is 5.41. The molecule has 4 nitrogen and oxygen atoms in total. The van der Waals surface area contributed by atoms with Gasteiger partial charge in [0.25, 0.3) is 5.56 Å². The van der Waals surface area contributed by atoms with Gasteiger partial charge in [0.2, 0.25) is 0 Å². The van der Waals surface area contributed by atoms with Crippen LogP contribution >= 0.6 is 0 Å². The van der Waals surface area contributed by atoms with Crippen LogP contribution in [0.15, 0.2) is 23.1 Å². The van der Waals surface area contributed by atoms with Crippen LogP contribution in [0, 0.1) is 0 Å². The molecule has 4 heteroatoms. The predicted octanol–water partition coefficient (Wildman–Crippen LogP) is 2.14. The van der Waals surface area contributed by atoms with Crippen molar-refractivity contribution in [2.45, 2.75) is 57.7 Å². The Labute approximate surface area is 108 Å². The van der Waals surface area contributed by atoms with Crippen molar-refractivity contribution in [1.29, 1.82) is 0 Å². The Hall–Kier alpha value is -1.29. The van der Waals surface area contributed by atoms with E-state index in [-0.39, 0.29) is 23.7 Å². The molecule has 0 aromatic carbocycles. The van der Waals surface area contributed by atoms with E-state index in [4.69, 9.17) is 0 Å². The third-order valence-corrected chi connectivity index (χ3v) is 3.43. The van der Waals surface area contributed by atoms with E-state index in [9.17, 15) is 9.90 Å². The van der Waals surface area contributed by atoms with Crippen LogP contribution in [-0.2, 0) is 0 Å². The number of hydrogen-bond donors (Lipinski definition) is 2. The maximum Gasteiger partial charge on any atom is 0.274 e.